The van der Waals surface area contributed by atoms with E-state index in [2.05, 4.69) is 16.0 Å². The summed E-state index contributed by atoms with van der Waals surface area (Å²) in [4.78, 5) is 23.9. The number of halogens is 2. The van der Waals surface area contributed by atoms with Gasteiger partial charge in [-0.25, -0.2) is 4.79 Å². The summed E-state index contributed by atoms with van der Waals surface area (Å²) >= 11 is 16.3. The zero-order chi connectivity index (χ0) is 17.3. The molecule has 3 N–H and O–H groups in total. The normalized spacial score (nSPS) is 22.3. The molecule has 0 aromatic carbocycles. The maximum atomic E-state index is 12.2. The van der Waals surface area contributed by atoms with E-state index >= 15 is 0 Å². The largest absolute Gasteiger partial charge is 0.333 e. The molecular weight excluding hydrogens is 345 g/mol. The van der Waals surface area contributed by atoms with E-state index in [0.717, 1.165) is 0 Å². The highest BCUT2D eigenvalue weighted by Gasteiger charge is 2.60. The lowest BCUT2D eigenvalue weighted by Crippen LogP contribution is -2.51. The zero-order valence-electron chi connectivity index (χ0n) is 13.2. The Morgan fingerprint density at radius 1 is 1.18 bits per heavy atom. The van der Waals surface area contributed by atoms with Gasteiger partial charge in [-0.1, -0.05) is 37.0 Å². The summed E-state index contributed by atoms with van der Waals surface area (Å²) in [5, 5.41) is 7.59. The number of rotatable bonds is 2. The highest BCUT2D eigenvalue weighted by molar-refractivity contribution is 7.80. The smallest absolute Gasteiger partial charge is 0.321 e. The van der Waals surface area contributed by atoms with Crippen molar-refractivity contribution in [2.24, 2.45) is 17.3 Å². The summed E-state index contributed by atoms with van der Waals surface area (Å²) < 4.78 is 0.138. The maximum Gasteiger partial charge on any atom is 0.321 e. The first-order valence-corrected chi connectivity index (χ1v) is 7.98. The van der Waals surface area contributed by atoms with Crippen molar-refractivity contribution >= 4 is 52.5 Å². The molecule has 1 rings (SSSR count). The monoisotopic (exact) mass is 365 g/mol. The van der Waals surface area contributed by atoms with Crippen LogP contribution in [-0.2, 0) is 4.79 Å². The minimum absolute atomic E-state index is 0.0332. The van der Waals surface area contributed by atoms with Crippen LogP contribution in [0.2, 0.25) is 0 Å². The van der Waals surface area contributed by atoms with Gasteiger partial charge in [-0.15, -0.1) is 0 Å². The van der Waals surface area contributed by atoms with E-state index in [9.17, 15) is 9.59 Å². The standard InChI is InChI=1S/C14H21Cl2N3O2S/c1-13(2,3)19-11(21)18-12(22)17-10(20)9-7(6-8(15)16)14(9,4)5/h6-7,9H,1-5H3,(H3,17,18,19,20,21,22)/t7-,9+/m1/s1. The van der Waals surface area contributed by atoms with E-state index in [1.807, 2.05) is 34.6 Å². The van der Waals surface area contributed by atoms with Gasteiger partial charge in [-0.2, -0.15) is 0 Å². The predicted molar refractivity (Wildman–Crippen MR) is 92.7 cm³/mol. The Hall–Kier alpha value is -0.850. The lowest BCUT2D eigenvalue weighted by molar-refractivity contribution is -0.121. The van der Waals surface area contributed by atoms with Gasteiger partial charge in [0.2, 0.25) is 5.91 Å². The number of carbonyl (C=O) groups excluding carboxylic acids is 2. The molecule has 0 heterocycles. The summed E-state index contributed by atoms with van der Waals surface area (Å²) in [7, 11) is 0. The average molecular weight is 366 g/mol. The molecule has 1 aliphatic carbocycles. The quantitative estimate of drug-likeness (QED) is 0.658. The molecule has 1 aliphatic rings. The lowest BCUT2D eigenvalue weighted by atomic mass is 10.1. The SMILES string of the molecule is CC(C)(C)NC(=O)NC(=S)NC(=O)[C@@H]1[C@@H](C=C(Cl)Cl)C1(C)C. The van der Waals surface area contributed by atoms with Crippen LogP contribution in [0.5, 0.6) is 0 Å². The number of nitrogens with one attached hydrogen (secondary N) is 3. The molecule has 0 aliphatic heterocycles. The molecule has 124 valence electrons. The van der Waals surface area contributed by atoms with Crippen molar-refractivity contribution in [3.8, 4) is 0 Å². The fourth-order valence-corrected chi connectivity index (χ4v) is 2.79. The predicted octanol–water partition coefficient (Wildman–Crippen LogP) is 3.08. The van der Waals surface area contributed by atoms with Crippen LogP contribution in [0.1, 0.15) is 34.6 Å². The average Bonchev–Trinajstić information content (AvgIpc) is 2.75. The third-order valence-electron chi connectivity index (χ3n) is 3.45. The second kappa shape index (κ2) is 6.72. The molecule has 0 saturated heterocycles. The Kier molecular flexibility index (Phi) is 5.87. The van der Waals surface area contributed by atoms with Gasteiger partial charge in [-0.3, -0.25) is 10.1 Å². The number of allylic oxidation sites excluding steroid dienone is 1. The summed E-state index contributed by atoms with van der Waals surface area (Å²) in [5.74, 6) is -0.601. The Morgan fingerprint density at radius 3 is 2.18 bits per heavy atom. The van der Waals surface area contributed by atoms with Crippen LogP contribution in [0.3, 0.4) is 0 Å². The van der Waals surface area contributed by atoms with Gasteiger partial charge < -0.3 is 10.6 Å². The summed E-state index contributed by atoms with van der Waals surface area (Å²) in [6.07, 6.45) is 1.65. The molecule has 8 heteroatoms. The Labute approximate surface area is 146 Å². The fourth-order valence-electron chi connectivity index (χ4n) is 2.32. The van der Waals surface area contributed by atoms with Crippen molar-refractivity contribution in [1.82, 2.24) is 16.0 Å². The number of thiocarbonyl (C=S) groups is 1. The van der Waals surface area contributed by atoms with E-state index in [-0.39, 0.29) is 32.8 Å². The first kappa shape index (κ1) is 19.2. The van der Waals surface area contributed by atoms with Crippen molar-refractivity contribution in [2.45, 2.75) is 40.2 Å². The minimum atomic E-state index is -0.465. The molecule has 0 spiro atoms. The zero-order valence-corrected chi connectivity index (χ0v) is 15.5. The molecule has 0 aromatic rings. The van der Waals surface area contributed by atoms with Crippen molar-refractivity contribution in [3.05, 3.63) is 10.6 Å². The van der Waals surface area contributed by atoms with E-state index in [4.69, 9.17) is 35.4 Å². The van der Waals surface area contributed by atoms with Crippen LogP contribution in [0.25, 0.3) is 0 Å². The maximum absolute atomic E-state index is 12.2. The van der Waals surface area contributed by atoms with Crippen molar-refractivity contribution < 1.29 is 9.59 Å². The summed E-state index contributed by atoms with van der Waals surface area (Å²) in [6.45, 7) is 9.41. The second-order valence-electron chi connectivity index (χ2n) is 6.93. The van der Waals surface area contributed by atoms with Crippen LogP contribution < -0.4 is 16.0 Å². The molecule has 0 aromatic heterocycles. The highest BCUT2D eigenvalue weighted by Crippen LogP contribution is 2.59. The molecule has 2 atom stereocenters. The highest BCUT2D eigenvalue weighted by atomic mass is 35.5. The number of amides is 3. The molecule has 5 nitrogen and oxygen atoms in total. The lowest BCUT2D eigenvalue weighted by Gasteiger charge is -2.21. The molecule has 22 heavy (non-hydrogen) atoms. The molecular formula is C14H21Cl2N3O2S. The van der Waals surface area contributed by atoms with Gasteiger partial charge in [0.05, 0.1) is 5.92 Å². The van der Waals surface area contributed by atoms with Crippen LogP contribution >= 0.6 is 35.4 Å². The first-order valence-electron chi connectivity index (χ1n) is 6.81. The van der Waals surface area contributed by atoms with Gasteiger partial charge >= 0.3 is 6.03 Å². The van der Waals surface area contributed by atoms with E-state index in [1.54, 1.807) is 6.08 Å². The number of carbonyl (C=O) groups is 2. The van der Waals surface area contributed by atoms with Crippen LogP contribution in [0, 0.1) is 17.3 Å². The third-order valence-corrected chi connectivity index (χ3v) is 3.91. The van der Waals surface area contributed by atoms with Gasteiger partial charge in [0, 0.05) is 5.54 Å². The van der Waals surface area contributed by atoms with Gasteiger partial charge in [-0.05, 0) is 50.4 Å². The Balaban J connectivity index is 2.54. The fraction of sp³-hybridized carbons (Fsp3) is 0.643. The minimum Gasteiger partial charge on any atom is -0.333 e. The van der Waals surface area contributed by atoms with Crippen LogP contribution in [-0.4, -0.2) is 22.6 Å². The van der Waals surface area contributed by atoms with Crippen molar-refractivity contribution in [3.63, 3.8) is 0 Å². The van der Waals surface area contributed by atoms with Crippen LogP contribution in [0.15, 0.2) is 10.6 Å². The Bertz CT molecular complexity index is 523. The molecule has 0 radical (unpaired) electrons. The number of hydrogen-bond acceptors (Lipinski definition) is 3. The molecule has 1 fully saturated rings. The summed E-state index contributed by atoms with van der Waals surface area (Å²) in [6, 6.07) is -0.465. The molecule has 0 bridgehead atoms. The van der Waals surface area contributed by atoms with Crippen LogP contribution in [0.4, 0.5) is 4.79 Å². The summed E-state index contributed by atoms with van der Waals surface area (Å²) in [5.41, 5.74) is -0.641. The molecule has 1 saturated carbocycles. The van der Waals surface area contributed by atoms with E-state index in [1.165, 1.54) is 0 Å². The molecule has 3 amide bonds. The number of hydrogen-bond donors (Lipinski definition) is 3. The third kappa shape index (κ3) is 5.41. The number of urea groups is 1. The van der Waals surface area contributed by atoms with Crippen molar-refractivity contribution in [1.29, 1.82) is 0 Å². The van der Waals surface area contributed by atoms with Gasteiger partial charge in [0.15, 0.2) is 5.11 Å². The van der Waals surface area contributed by atoms with Gasteiger partial charge in [0.25, 0.3) is 0 Å². The first-order chi connectivity index (χ1) is 9.84. The topological polar surface area (TPSA) is 70.2 Å². The second-order valence-corrected chi connectivity index (χ2v) is 8.34. The Morgan fingerprint density at radius 2 is 1.73 bits per heavy atom. The van der Waals surface area contributed by atoms with E-state index < -0.39 is 11.6 Å². The van der Waals surface area contributed by atoms with Crippen molar-refractivity contribution in [2.75, 3.05) is 0 Å². The van der Waals surface area contributed by atoms with Gasteiger partial charge in [0.1, 0.15) is 4.49 Å². The molecule has 0 unspecified atom stereocenters. The van der Waals surface area contributed by atoms with E-state index in [0.29, 0.717) is 0 Å².